The lowest BCUT2D eigenvalue weighted by atomic mass is 9.85. The van der Waals surface area contributed by atoms with Gasteiger partial charge in [0.25, 0.3) is 11.1 Å². The molecule has 1 saturated carbocycles. The van der Waals surface area contributed by atoms with Gasteiger partial charge in [-0.2, -0.15) is 0 Å². The third kappa shape index (κ3) is 3.70. The summed E-state index contributed by atoms with van der Waals surface area (Å²) in [6, 6.07) is 7.77. The van der Waals surface area contributed by atoms with E-state index in [2.05, 4.69) is 5.32 Å². The summed E-state index contributed by atoms with van der Waals surface area (Å²) in [6.07, 6.45) is 4.71. The van der Waals surface area contributed by atoms with Crippen molar-refractivity contribution in [2.24, 2.45) is 5.92 Å². The van der Waals surface area contributed by atoms with E-state index in [0.717, 1.165) is 42.2 Å². The third-order valence-electron chi connectivity index (χ3n) is 4.36. The number of carbonyl (C=O) groups excluding carboxylic acids is 3. The van der Waals surface area contributed by atoms with Gasteiger partial charge in [-0.15, -0.1) is 0 Å². The lowest BCUT2D eigenvalue weighted by molar-refractivity contribution is -0.128. The van der Waals surface area contributed by atoms with E-state index in [0.29, 0.717) is 11.4 Å². The minimum absolute atomic E-state index is 0.0309. The Morgan fingerprint density at radius 3 is 2.62 bits per heavy atom. The number of amides is 3. The minimum atomic E-state index is -0.288. The maximum atomic E-state index is 12.4. The van der Waals surface area contributed by atoms with Crippen LogP contribution in [0, 0.1) is 12.8 Å². The van der Waals surface area contributed by atoms with Gasteiger partial charge in [-0.3, -0.25) is 19.3 Å². The molecule has 1 N–H and O–H groups in total. The largest absolute Gasteiger partial charge is 0.354 e. The number of nitrogens with zero attached hydrogens (tertiary/aromatic N) is 1. The highest BCUT2D eigenvalue weighted by Crippen LogP contribution is 2.32. The Bertz CT molecular complexity index is 693. The Labute approximate surface area is 145 Å². The van der Waals surface area contributed by atoms with Crippen molar-refractivity contribution in [2.75, 3.05) is 13.1 Å². The molecule has 0 atom stereocenters. The van der Waals surface area contributed by atoms with Crippen molar-refractivity contribution in [2.45, 2.75) is 26.2 Å². The zero-order chi connectivity index (χ0) is 17.1. The molecule has 1 aromatic carbocycles. The van der Waals surface area contributed by atoms with Crippen LogP contribution in [0.5, 0.6) is 0 Å². The summed E-state index contributed by atoms with van der Waals surface area (Å²) in [5.41, 5.74) is 2.03. The first-order valence-corrected chi connectivity index (χ1v) is 8.96. The van der Waals surface area contributed by atoms with Crippen LogP contribution in [0.1, 0.15) is 30.4 Å². The zero-order valence-corrected chi connectivity index (χ0v) is 14.4. The second kappa shape index (κ2) is 7.21. The number of benzene rings is 1. The summed E-state index contributed by atoms with van der Waals surface area (Å²) in [7, 11) is 0. The molecule has 0 bridgehead atoms. The summed E-state index contributed by atoms with van der Waals surface area (Å²) in [5, 5.41) is 2.53. The highest BCUT2D eigenvalue weighted by molar-refractivity contribution is 8.18. The van der Waals surface area contributed by atoms with Gasteiger partial charge in [-0.05, 0) is 43.2 Å². The van der Waals surface area contributed by atoms with E-state index < -0.39 is 0 Å². The van der Waals surface area contributed by atoms with E-state index in [9.17, 15) is 14.4 Å². The molecule has 24 heavy (non-hydrogen) atoms. The Kier molecular flexibility index (Phi) is 5.04. The first kappa shape index (κ1) is 16.8. The average Bonchev–Trinajstić information content (AvgIpc) is 2.75. The molecule has 0 radical (unpaired) electrons. The summed E-state index contributed by atoms with van der Waals surface area (Å²) < 4.78 is 0. The predicted molar refractivity (Wildman–Crippen MR) is 94.2 cm³/mol. The molecule has 2 fully saturated rings. The van der Waals surface area contributed by atoms with Crippen LogP contribution in [0.15, 0.2) is 29.2 Å². The van der Waals surface area contributed by atoms with E-state index in [1.54, 1.807) is 6.08 Å². The average molecular weight is 344 g/mol. The number of thioether (sulfide) groups is 1. The predicted octanol–water partition coefficient (Wildman–Crippen LogP) is 2.95. The summed E-state index contributed by atoms with van der Waals surface area (Å²) >= 11 is 0.947. The second-order valence-electron chi connectivity index (χ2n) is 6.16. The molecule has 1 aliphatic carbocycles. The fourth-order valence-electron chi connectivity index (χ4n) is 2.61. The Morgan fingerprint density at radius 2 is 2.00 bits per heavy atom. The molecule has 1 heterocycles. The number of rotatable bonds is 5. The molecular weight excluding hydrogens is 324 g/mol. The molecule has 1 aromatic rings. The fourth-order valence-corrected chi connectivity index (χ4v) is 3.48. The van der Waals surface area contributed by atoms with E-state index in [1.807, 2.05) is 31.2 Å². The van der Waals surface area contributed by atoms with E-state index in [4.69, 9.17) is 0 Å². The van der Waals surface area contributed by atoms with Crippen LogP contribution in [0.2, 0.25) is 0 Å². The molecule has 6 heteroatoms. The Morgan fingerprint density at radius 1 is 1.29 bits per heavy atom. The first-order valence-electron chi connectivity index (χ1n) is 8.14. The van der Waals surface area contributed by atoms with E-state index >= 15 is 0 Å². The standard InChI is InChI=1S/C18H20N2O3S/c1-12-5-7-13(8-6-12)11-15-17(22)20(18(23)24-15)10-9-19-16(21)14-3-2-4-14/h5-8,11,14H,2-4,9-10H2,1H3,(H,19,21)/b15-11-. The number of hydrogen-bond acceptors (Lipinski definition) is 4. The maximum absolute atomic E-state index is 12.4. The van der Waals surface area contributed by atoms with Gasteiger partial charge in [0, 0.05) is 19.0 Å². The molecule has 3 rings (SSSR count). The Balaban J connectivity index is 1.57. The van der Waals surface area contributed by atoms with Crippen LogP contribution in [-0.4, -0.2) is 35.0 Å². The normalized spacial score (nSPS) is 19.7. The van der Waals surface area contributed by atoms with Crippen molar-refractivity contribution in [3.8, 4) is 0 Å². The maximum Gasteiger partial charge on any atom is 0.293 e. The fraction of sp³-hybridized carbons (Fsp3) is 0.389. The zero-order valence-electron chi connectivity index (χ0n) is 13.6. The van der Waals surface area contributed by atoms with Crippen LogP contribution in [0.4, 0.5) is 4.79 Å². The van der Waals surface area contributed by atoms with Crippen LogP contribution in [-0.2, 0) is 9.59 Å². The molecule has 0 aromatic heterocycles. The van der Waals surface area contributed by atoms with Gasteiger partial charge in [0.2, 0.25) is 5.91 Å². The molecule has 3 amide bonds. The number of hydrogen-bond donors (Lipinski definition) is 1. The van der Waals surface area contributed by atoms with Gasteiger partial charge in [-0.1, -0.05) is 36.2 Å². The van der Waals surface area contributed by atoms with E-state index in [1.165, 1.54) is 4.90 Å². The van der Waals surface area contributed by atoms with Gasteiger partial charge < -0.3 is 5.32 Å². The number of aryl methyl sites for hydroxylation is 1. The van der Waals surface area contributed by atoms with Crippen molar-refractivity contribution >= 4 is 34.9 Å². The van der Waals surface area contributed by atoms with Gasteiger partial charge >= 0.3 is 0 Å². The highest BCUT2D eigenvalue weighted by atomic mass is 32.2. The smallest absolute Gasteiger partial charge is 0.293 e. The molecular formula is C18H20N2O3S. The minimum Gasteiger partial charge on any atom is -0.354 e. The second-order valence-corrected chi connectivity index (χ2v) is 7.16. The van der Waals surface area contributed by atoms with Crippen molar-refractivity contribution in [1.29, 1.82) is 0 Å². The molecule has 0 spiro atoms. The lowest BCUT2D eigenvalue weighted by Gasteiger charge is -2.24. The van der Waals surface area contributed by atoms with Gasteiger partial charge in [0.05, 0.1) is 4.91 Å². The molecule has 1 aliphatic heterocycles. The quantitative estimate of drug-likeness (QED) is 0.834. The van der Waals surface area contributed by atoms with Crippen molar-refractivity contribution in [1.82, 2.24) is 10.2 Å². The van der Waals surface area contributed by atoms with Crippen LogP contribution in [0.3, 0.4) is 0 Å². The monoisotopic (exact) mass is 344 g/mol. The molecule has 1 saturated heterocycles. The molecule has 2 aliphatic rings. The molecule has 126 valence electrons. The van der Waals surface area contributed by atoms with Crippen LogP contribution >= 0.6 is 11.8 Å². The van der Waals surface area contributed by atoms with Crippen molar-refractivity contribution < 1.29 is 14.4 Å². The molecule has 5 nitrogen and oxygen atoms in total. The number of nitrogens with one attached hydrogen (secondary N) is 1. The SMILES string of the molecule is Cc1ccc(/C=C2\SC(=O)N(CCNC(=O)C3CCC3)C2=O)cc1. The molecule has 0 unspecified atom stereocenters. The Hall–Kier alpha value is -2.08. The van der Waals surface area contributed by atoms with Crippen molar-refractivity contribution in [3.05, 3.63) is 40.3 Å². The van der Waals surface area contributed by atoms with Gasteiger partial charge in [-0.25, -0.2) is 0 Å². The summed E-state index contributed by atoms with van der Waals surface area (Å²) in [6.45, 7) is 2.52. The first-order chi connectivity index (χ1) is 11.5. The summed E-state index contributed by atoms with van der Waals surface area (Å²) in [4.78, 5) is 37.8. The van der Waals surface area contributed by atoms with Crippen LogP contribution in [0.25, 0.3) is 6.08 Å². The number of imide groups is 1. The third-order valence-corrected chi connectivity index (χ3v) is 5.27. The number of carbonyl (C=O) groups is 3. The summed E-state index contributed by atoms with van der Waals surface area (Å²) in [5.74, 6) is -0.145. The topological polar surface area (TPSA) is 66.5 Å². The lowest BCUT2D eigenvalue weighted by Crippen LogP contribution is -2.40. The highest BCUT2D eigenvalue weighted by Gasteiger charge is 2.35. The van der Waals surface area contributed by atoms with Crippen molar-refractivity contribution in [3.63, 3.8) is 0 Å². The van der Waals surface area contributed by atoms with E-state index in [-0.39, 0.29) is 29.5 Å². The van der Waals surface area contributed by atoms with Gasteiger partial charge in [0.1, 0.15) is 0 Å². The van der Waals surface area contributed by atoms with Gasteiger partial charge in [0.15, 0.2) is 0 Å². The van der Waals surface area contributed by atoms with Crippen LogP contribution < -0.4 is 5.32 Å².